The second kappa shape index (κ2) is 8.84. The number of aromatic nitrogens is 5. The Hall–Kier alpha value is -3.67. The van der Waals surface area contributed by atoms with E-state index in [9.17, 15) is 18.0 Å². The summed E-state index contributed by atoms with van der Waals surface area (Å²) in [5, 5.41) is 10.3. The van der Waals surface area contributed by atoms with Gasteiger partial charge in [0.15, 0.2) is 0 Å². The van der Waals surface area contributed by atoms with Crippen molar-refractivity contribution in [1.29, 1.82) is 0 Å². The molecule has 35 heavy (non-hydrogen) atoms. The van der Waals surface area contributed by atoms with E-state index >= 15 is 0 Å². The van der Waals surface area contributed by atoms with Crippen molar-refractivity contribution >= 4 is 28.4 Å². The van der Waals surface area contributed by atoms with Crippen molar-refractivity contribution in [3.63, 3.8) is 0 Å². The van der Waals surface area contributed by atoms with Gasteiger partial charge in [0.25, 0.3) is 5.91 Å². The van der Waals surface area contributed by atoms with Gasteiger partial charge < -0.3 is 20.5 Å². The quantitative estimate of drug-likeness (QED) is 0.399. The zero-order chi connectivity index (χ0) is 24.7. The highest BCUT2D eigenvalue weighted by atomic mass is 19.4. The number of nitrogens with zero attached hydrogens (tertiary/aromatic N) is 5. The first-order chi connectivity index (χ1) is 16.7. The van der Waals surface area contributed by atoms with Crippen molar-refractivity contribution in [2.45, 2.75) is 38.0 Å². The van der Waals surface area contributed by atoms with Gasteiger partial charge >= 0.3 is 6.18 Å². The summed E-state index contributed by atoms with van der Waals surface area (Å²) in [6.07, 6.45) is 3.92. The predicted molar refractivity (Wildman–Crippen MR) is 125 cm³/mol. The summed E-state index contributed by atoms with van der Waals surface area (Å²) in [6, 6.07) is 2.05. The molecule has 0 aliphatic carbocycles. The topological polar surface area (TPSA) is 103 Å². The highest BCUT2D eigenvalue weighted by molar-refractivity contribution is 6.02. The number of carbonyl (C=O) groups excluding carboxylic acids is 1. The number of piperidine rings is 1. The molecule has 12 heteroatoms. The summed E-state index contributed by atoms with van der Waals surface area (Å²) in [6.45, 7) is 2.90. The fraction of sp³-hybridized carbons (Fsp3) is 0.391. The van der Waals surface area contributed by atoms with Crippen molar-refractivity contribution in [1.82, 2.24) is 34.8 Å². The number of nitrogens with one attached hydrogen (secondary N) is 3. The Morgan fingerprint density at radius 3 is 2.77 bits per heavy atom. The summed E-state index contributed by atoms with van der Waals surface area (Å²) in [4.78, 5) is 26.5. The average molecular weight is 487 g/mol. The summed E-state index contributed by atoms with van der Waals surface area (Å²) in [5.74, 6) is -0.279. The van der Waals surface area contributed by atoms with Crippen molar-refractivity contribution in [2.75, 3.05) is 25.5 Å². The minimum atomic E-state index is -4.41. The Balaban J connectivity index is 1.41. The zero-order valence-electron chi connectivity index (χ0n) is 19.2. The number of rotatable bonds is 5. The highest BCUT2D eigenvalue weighted by Crippen LogP contribution is 2.30. The van der Waals surface area contributed by atoms with Crippen LogP contribution in [0.3, 0.4) is 0 Å². The molecule has 5 heterocycles. The predicted octanol–water partition coefficient (Wildman–Crippen LogP) is 3.46. The van der Waals surface area contributed by atoms with E-state index in [-0.39, 0.29) is 17.9 Å². The number of aromatic amines is 1. The molecule has 1 saturated heterocycles. The van der Waals surface area contributed by atoms with Gasteiger partial charge in [0, 0.05) is 35.6 Å². The van der Waals surface area contributed by atoms with Crippen LogP contribution >= 0.6 is 0 Å². The number of hydrogen-bond donors (Lipinski definition) is 3. The lowest BCUT2D eigenvalue weighted by atomic mass is 10.0. The van der Waals surface area contributed by atoms with Crippen LogP contribution < -0.4 is 10.6 Å². The van der Waals surface area contributed by atoms with Crippen LogP contribution in [0.5, 0.6) is 0 Å². The van der Waals surface area contributed by atoms with E-state index in [4.69, 9.17) is 0 Å². The number of H-pyrrole nitrogens is 1. The van der Waals surface area contributed by atoms with Crippen LogP contribution in [0.1, 0.15) is 30.1 Å². The molecule has 4 aromatic heterocycles. The second-order valence-electron chi connectivity index (χ2n) is 8.92. The summed E-state index contributed by atoms with van der Waals surface area (Å²) < 4.78 is 40.2. The van der Waals surface area contributed by atoms with Crippen molar-refractivity contribution in [2.24, 2.45) is 0 Å². The van der Waals surface area contributed by atoms with Crippen molar-refractivity contribution in [3.05, 3.63) is 42.5 Å². The van der Waals surface area contributed by atoms with Crippen molar-refractivity contribution < 1.29 is 18.0 Å². The summed E-state index contributed by atoms with van der Waals surface area (Å²) in [7, 11) is 2.07. The van der Waals surface area contributed by atoms with E-state index < -0.39 is 12.2 Å². The van der Waals surface area contributed by atoms with E-state index in [1.807, 2.05) is 12.1 Å². The number of hydrogen-bond acceptors (Lipinski definition) is 6. The van der Waals surface area contributed by atoms with E-state index in [2.05, 4.69) is 42.6 Å². The van der Waals surface area contributed by atoms with Gasteiger partial charge in [0.2, 0.25) is 5.95 Å². The van der Waals surface area contributed by atoms with Crippen LogP contribution in [-0.2, 0) is 0 Å². The molecule has 5 rings (SSSR count). The van der Waals surface area contributed by atoms with E-state index in [1.165, 1.54) is 6.20 Å². The normalized spacial score (nSPS) is 16.6. The molecule has 0 saturated carbocycles. The molecule has 4 aromatic rings. The number of fused-ring (bicyclic) bond motifs is 2. The second-order valence-corrected chi connectivity index (χ2v) is 8.92. The number of carbonyl (C=O) groups is 1. The minimum Gasteiger partial charge on any atom is -0.349 e. The van der Waals surface area contributed by atoms with Gasteiger partial charge in [-0.05, 0) is 57.6 Å². The molecule has 1 unspecified atom stereocenters. The first-order valence-corrected chi connectivity index (χ1v) is 11.3. The van der Waals surface area contributed by atoms with Gasteiger partial charge in [-0.25, -0.2) is 9.50 Å². The van der Waals surface area contributed by atoms with Gasteiger partial charge in [-0.2, -0.15) is 23.3 Å². The molecule has 0 bridgehead atoms. The molecule has 184 valence electrons. The maximum atomic E-state index is 13.0. The highest BCUT2D eigenvalue weighted by Gasteiger charge is 2.36. The summed E-state index contributed by atoms with van der Waals surface area (Å²) >= 11 is 0. The molecule has 9 nitrogen and oxygen atoms in total. The number of alkyl halides is 3. The molecule has 1 aliphatic heterocycles. The van der Waals surface area contributed by atoms with Crippen LogP contribution in [0.2, 0.25) is 0 Å². The van der Waals surface area contributed by atoms with Gasteiger partial charge in [-0.3, -0.25) is 4.79 Å². The monoisotopic (exact) mass is 486 g/mol. The average Bonchev–Trinajstić information content (AvgIpc) is 3.43. The summed E-state index contributed by atoms with van der Waals surface area (Å²) in [5.41, 5.74) is 3.10. The first-order valence-electron chi connectivity index (χ1n) is 11.3. The molecular weight excluding hydrogens is 461 g/mol. The number of amides is 1. The van der Waals surface area contributed by atoms with Crippen molar-refractivity contribution in [3.8, 4) is 11.1 Å². The fourth-order valence-electron chi connectivity index (χ4n) is 4.23. The lowest BCUT2D eigenvalue weighted by Crippen LogP contribution is -2.43. The SMILES string of the molecule is CC(Nc1ncc2c(-c3ccn4ncc(C(=O)NC5CCN(C)CC5)c4c3)c[nH]c2n1)C(F)(F)F. The Bertz CT molecular complexity index is 1370. The molecule has 0 aromatic carbocycles. The molecule has 1 fully saturated rings. The molecule has 1 atom stereocenters. The molecule has 0 radical (unpaired) electrons. The number of likely N-dealkylation sites (tertiary alicyclic amines) is 1. The van der Waals surface area contributed by atoms with Gasteiger partial charge in [0.05, 0.1) is 17.3 Å². The smallest absolute Gasteiger partial charge is 0.349 e. The lowest BCUT2D eigenvalue weighted by molar-refractivity contribution is -0.138. The minimum absolute atomic E-state index is 0.116. The number of anilines is 1. The lowest BCUT2D eigenvalue weighted by Gasteiger charge is -2.29. The Labute approximate surface area is 198 Å². The Morgan fingerprint density at radius 1 is 1.26 bits per heavy atom. The van der Waals surface area contributed by atoms with Crippen LogP contribution in [0.25, 0.3) is 27.7 Å². The third kappa shape index (κ3) is 4.65. The largest absolute Gasteiger partial charge is 0.408 e. The van der Waals surface area contributed by atoms with Crippen LogP contribution in [0.4, 0.5) is 19.1 Å². The van der Waals surface area contributed by atoms with Gasteiger partial charge in [0.1, 0.15) is 11.7 Å². The maximum Gasteiger partial charge on any atom is 0.408 e. The number of pyridine rings is 1. The molecule has 0 spiro atoms. The maximum absolute atomic E-state index is 13.0. The third-order valence-electron chi connectivity index (χ3n) is 6.40. The molecule has 1 aliphatic rings. The van der Waals surface area contributed by atoms with E-state index in [0.29, 0.717) is 22.1 Å². The van der Waals surface area contributed by atoms with Crippen LogP contribution in [0, 0.1) is 0 Å². The molecular formula is C23H25F3N8O. The first kappa shape index (κ1) is 23.1. The number of halogens is 3. The fourth-order valence-corrected chi connectivity index (χ4v) is 4.23. The third-order valence-corrected chi connectivity index (χ3v) is 6.40. The van der Waals surface area contributed by atoms with E-state index in [0.717, 1.165) is 44.0 Å². The molecule has 3 N–H and O–H groups in total. The Kier molecular flexibility index (Phi) is 5.83. The standard InChI is InChI=1S/C23H25F3N8O/c1-13(23(24,25)26)30-22-28-11-17-16(10-27-20(17)32-22)14-3-8-34-19(9-14)18(12-29-34)21(35)31-15-4-6-33(2)7-5-15/h3,8-13,15H,4-7H2,1-2H3,(H,31,35)(H2,27,28,30,32). The van der Waals surface area contributed by atoms with Gasteiger partial charge in [-0.1, -0.05) is 0 Å². The van der Waals surface area contributed by atoms with Gasteiger partial charge in [-0.15, -0.1) is 0 Å². The van der Waals surface area contributed by atoms with Crippen LogP contribution in [0.15, 0.2) is 36.9 Å². The van der Waals surface area contributed by atoms with Crippen LogP contribution in [-0.4, -0.2) is 73.8 Å². The Morgan fingerprint density at radius 2 is 2.03 bits per heavy atom. The molecule has 1 amide bonds. The van der Waals surface area contributed by atoms with E-state index in [1.54, 1.807) is 23.1 Å². The zero-order valence-corrected chi connectivity index (χ0v) is 19.2.